The first-order chi connectivity index (χ1) is 14.1. The standard InChI is InChI=1S/C21H14ClFN4OS/c22-16-9-6-14(7-10-16)13-24-27-20(25-26-21(27)29)15-8-11-18(23)19(12-15)28-17-4-2-1-3-5-17/h1-13H,(H,26,29)/b24-13+. The Hall–Kier alpha value is -3.29. The third-order valence-electron chi connectivity index (χ3n) is 4.00. The summed E-state index contributed by atoms with van der Waals surface area (Å²) in [5, 5.41) is 12.0. The molecule has 0 amide bonds. The molecule has 0 fully saturated rings. The van der Waals surface area contributed by atoms with Crippen molar-refractivity contribution in [2.75, 3.05) is 0 Å². The normalized spacial score (nSPS) is 11.1. The summed E-state index contributed by atoms with van der Waals surface area (Å²) in [6.45, 7) is 0. The average Bonchev–Trinajstić information content (AvgIpc) is 3.10. The van der Waals surface area contributed by atoms with Crippen LogP contribution in [-0.2, 0) is 0 Å². The third kappa shape index (κ3) is 4.42. The number of para-hydroxylation sites is 1. The number of aromatic nitrogens is 3. The summed E-state index contributed by atoms with van der Waals surface area (Å²) in [5.74, 6) is 0.556. The fourth-order valence-electron chi connectivity index (χ4n) is 2.60. The number of ether oxygens (including phenoxy) is 1. The summed E-state index contributed by atoms with van der Waals surface area (Å²) in [6.07, 6.45) is 1.63. The molecule has 5 nitrogen and oxygen atoms in total. The largest absolute Gasteiger partial charge is 0.454 e. The van der Waals surface area contributed by atoms with Gasteiger partial charge in [0.1, 0.15) is 5.75 Å². The Kier molecular flexibility index (Phi) is 5.50. The zero-order valence-electron chi connectivity index (χ0n) is 14.9. The maximum Gasteiger partial charge on any atom is 0.216 e. The van der Waals surface area contributed by atoms with E-state index >= 15 is 0 Å². The zero-order valence-corrected chi connectivity index (χ0v) is 16.5. The van der Waals surface area contributed by atoms with Gasteiger partial charge in [-0.1, -0.05) is 41.9 Å². The second-order valence-electron chi connectivity index (χ2n) is 6.02. The molecule has 0 saturated carbocycles. The number of benzene rings is 3. The van der Waals surface area contributed by atoms with Gasteiger partial charge in [-0.15, -0.1) is 0 Å². The highest BCUT2D eigenvalue weighted by Gasteiger charge is 2.13. The fourth-order valence-corrected chi connectivity index (χ4v) is 2.90. The van der Waals surface area contributed by atoms with Crippen molar-refractivity contribution in [3.63, 3.8) is 0 Å². The second kappa shape index (κ2) is 8.38. The summed E-state index contributed by atoms with van der Waals surface area (Å²) < 4.78 is 21.7. The first-order valence-corrected chi connectivity index (χ1v) is 9.39. The van der Waals surface area contributed by atoms with Gasteiger partial charge in [-0.2, -0.15) is 14.9 Å². The van der Waals surface area contributed by atoms with Gasteiger partial charge < -0.3 is 4.74 Å². The number of H-pyrrole nitrogens is 1. The van der Waals surface area contributed by atoms with Crippen LogP contribution in [0.5, 0.6) is 11.5 Å². The number of hydrogen-bond acceptors (Lipinski definition) is 4. The molecule has 0 spiro atoms. The number of nitrogens with one attached hydrogen (secondary N) is 1. The molecule has 0 aliphatic carbocycles. The number of nitrogens with zero attached hydrogens (tertiary/aromatic N) is 3. The summed E-state index contributed by atoms with van der Waals surface area (Å²) >= 11 is 11.2. The van der Waals surface area contributed by atoms with Crippen LogP contribution in [0.3, 0.4) is 0 Å². The lowest BCUT2D eigenvalue weighted by Gasteiger charge is -2.08. The monoisotopic (exact) mass is 424 g/mol. The van der Waals surface area contributed by atoms with Crippen LogP contribution in [0, 0.1) is 10.6 Å². The molecule has 8 heteroatoms. The molecule has 0 unspecified atom stereocenters. The predicted octanol–water partition coefficient (Wildman–Crippen LogP) is 6.07. The van der Waals surface area contributed by atoms with Crippen molar-refractivity contribution in [3.05, 3.63) is 94.0 Å². The maximum atomic E-state index is 14.3. The van der Waals surface area contributed by atoms with E-state index in [9.17, 15) is 4.39 Å². The minimum Gasteiger partial charge on any atom is -0.454 e. The van der Waals surface area contributed by atoms with Crippen LogP contribution in [0.25, 0.3) is 11.4 Å². The van der Waals surface area contributed by atoms with Crippen molar-refractivity contribution in [2.45, 2.75) is 0 Å². The van der Waals surface area contributed by atoms with Crippen molar-refractivity contribution < 1.29 is 9.13 Å². The third-order valence-corrected chi connectivity index (χ3v) is 4.52. The van der Waals surface area contributed by atoms with Crippen molar-refractivity contribution in [3.8, 4) is 22.9 Å². The van der Waals surface area contributed by atoms with E-state index in [1.165, 1.54) is 10.7 Å². The summed E-state index contributed by atoms with van der Waals surface area (Å²) in [4.78, 5) is 0. The highest BCUT2D eigenvalue weighted by Crippen LogP contribution is 2.29. The second-order valence-corrected chi connectivity index (χ2v) is 6.84. The van der Waals surface area contributed by atoms with Crippen molar-refractivity contribution in [2.24, 2.45) is 5.10 Å². The molecule has 0 aliphatic heterocycles. The lowest BCUT2D eigenvalue weighted by atomic mass is 10.2. The Morgan fingerprint density at radius 1 is 1.07 bits per heavy atom. The molecule has 0 atom stereocenters. The SMILES string of the molecule is Fc1ccc(-c2n[nH]c(=S)n2/N=C/c2ccc(Cl)cc2)cc1Oc1ccccc1. The molecule has 1 aromatic heterocycles. The molecule has 144 valence electrons. The fraction of sp³-hybridized carbons (Fsp3) is 0. The molecule has 0 radical (unpaired) electrons. The lowest BCUT2D eigenvalue weighted by molar-refractivity contribution is 0.442. The lowest BCUT2D eigenvalue weighted by Crippen LogP contribution is -1.96. The molecule has 4 rings (SSSR count). The number of aromatic amines is 1. The minimum absolute atomic E-state index is 0.0795. The Labute approximate surface area is 176 Å². The van der Waals surface area contributed by atoms with Crippen LogP contribution in [0.4, 0.5) is 4.39 Å². The van der Waals surface area contributed by atoms with Crippen LogP contribution in [0.15, 0.2) is 77.9 Å². The quantitative estimate of drug-likeness (QED) is 0.312. The molecule has 0 aliphatic rings. The highest BCUT2D eigenvalue weighted by atomic mass is 35.5. The molecule has 0 saturated heterocycles. The van der Waals surface area contributed by atoms with Crippen LogP contribution in [0.2, 0.25) is 5.02 Å². The Morgan fingerprint density at radius 2 is 1.83 bits per heavy atom. The van der Waals surface area contributed by atoms with E-state index in [-0.39, 0.29) is 5.75 Å². The van der Waals surface area contributed by atoms with Gasteiger partial charge in [-0.05, 0) is 60.2 Å². The number of hydrogen-bond donors (Lipinski definition) is 1. The predicted molar refractivity (Wildman–Crippen MR) is 114 cm³/mol. The first-order valence-electron chi connectivity index (χ1n) is 8.60. The van der Waals surface area contributed by atoms with Gasteiger partial charge in [0, 0.05) is 10.6 Å². The van der Waals surface area contributed by atoms with Gasteiger partial charge in [0.25, 0.3) is 0 Å². The Bertz CT molecular complexity index is 1220. The van der Waals surface area contributed by atoms with Crippen LogP contribution < -0.4 is 4.74 Å². The van der Waals surface area contributed by atoms with E-state index in [1.54, 1.807) is 42.6 Å². The van der Waals surface area contributed by atoms with E-state index in [0.29, 0.717) is 26.9 Å². The molecule has 1 N–H and O–H groups in total. The Morgan fingerprint density at radius 3 is 2.59 bits per heavy atom. The summed E-state index contributed by atoms with van der Waals surface area (Å²) in [5.41, 5.74) is 1.44. The highest BCUT2D eigenvalue weighted by molar-refractivity contribution is 7.71. The summed E-state index contributed by atoms with van der Waals surface area (Å²) in [7, 11) is 0. The molecule has 1 heterocycles. The number of halogens is 2. The Balaban J connectivity index is 1.68. The van der Waals surface area contributed by atoms with Crippen LogP contribution >= 0.6 is 23.8 Å². The van der Waals surface area contributed by atoms with Gasteiger partial charge >= 0.3 is 0 Å². The minimum atomic E-state index is -0.483. The van der Waals surface area contributed by atoms with E-state index in [2.05, 4.69) is 15.3 Å². The smallest absolute Gasteiger partial charge is 0.216 e. The van der Waals surface area contributed by atoms with Crippen LogP contribution in [-0.4, -0.2) is 21.1 Å². The van der Waals surface area contributed by atoms with E-state index < -0.39 is 5.82 Å². The molecule has 0 bridgehead atoms. The summed E-state index contributed by atoms with van der Waals surface area (Å²) in [6, 6.07) is 20.6. The zero-order chi connectivity index (χ0) is 20.2. The van der Waals surface area contributed by atoms with E-state index in [4.69, 9.17) is 28.6 Å². The van der Waals surface area contributed by atoms with E-state index in [1.807, 2.05) is 30.3 Å². The van der Waals surface area contributed by atoms with Gasteiger partial charge in [0.2, 0.25) is 4.77 Å². The van der Waals surface area contributed by atoms with E-state index in [0.717, 1.165) is 5.56 Å². The van der Waals surface area contributed by atoms with Gasteiger partial charge in [-0.25, -0.2) is 9.49 Å². The molecule has 3 aromatic carbocycles. The molecular formula is C21H14ClFN4OS. The molecule has 29 heavy (non-hydrogen) atoms. The average molecular weight is 425 g/mol. The van der Waals surface area contributed by atoms with Crippen molar-refractivity contribution in [1.82, 2.24) is 14.9 Å². The maximum absolute atomic E-state index is 14.3. The van der Waals surface area contributed by atoms with Crippen molar-refractivity contribution >= 4 is 30.0 Å². The number of rotatable bonds is 5. The first kappa shape index (κ1) is 19.0. The van der Waals surface area contributed by atoms with Gasteiger partial charge in [0.15, 0.2) is 17.4 Å². The van der Waals surface area contributed by atoms with Crippen molar-refractivity contribution in [1.29, 1.82) is 0 Å². The van der Waals surface area contributed by atoms with Crippen LogP contribution in [0.1, 0.15) is 5.56 Å². The topological polar surface area (TPSA) is 55.2 Å². The van der Waals surface area contributed by atoms with Gasteiger partial charge in [-0.3, -0.25) is 0 Å². The van der Waals surface area contributed by atoms with Gasteiger partial charge in [0.05, 0.1) is 6.21 Å². The molecule has 4 aromatic rings. The molecular weight excluding hydrogens is 411 g/mol.